The number of nitrogens with one attached hydrogen (secondary N) is 1. The van der Waals surface area contributed by atoms with E-state index in [0.29, 0.717) is 37.5 Å². The topological polar surface area (TPSA) is 63.4 Å². The van der Waals surface area contributed by atoms with E-state index in [-0.39, 0.29) is 12.4 Å². The molecule has 0 bridgehead atoms. The highest BCUT2D eigenvalue weighted by molar-refractivity contribution is 5.85. The van der Waals surface area contributed by atoms with Gasteiger partial charge < -0.3 is 19.4 Å². The molecule has 0 unspecified atom stereocenters. The number of ether oxygens (including phenoxy) is 1. The number of aromatic nitrogens is 2. The summed E-state index contributed by atoms with van der Waals surface area (Å²) in [6.07, 6.45) is 0. The number of anilines is 1. The van der Waals surface area contributed by atoms with Crippen molar-refractivity contribution in [2.45, 2.75) is 26.3 Å². The van der Waals surface area contributed by atoms with Crippen molar-refractivity contribution in [1.29, 1.82) is 0 Å². The molecule has 0 saturated carbocycles. The molecule has 0 atom stereocenters. The molecule has 2 aromatic rings. The van der Waals surface area contributed by atoms with E-state index in [1.165, 1.54) is 5.56 Å². The molecule has 1 N–H and O–H groups in total. The summed E-state index contributed by atoms with van der Waals surface area (Å²) in [4.78, 5) is 1.88. The summed E-state index contributed by atoms with van der Waals surface area (Å²) in [5.74, 6) is 1.98. The van der Waals surface area contributed by atoms with Gasteiger partial charge in [-0.2, -0.15) is 0 Å². The van der Waals surface area contributed by atoms with Gasteiger partial charge in [-0.3, -0.25) is 0 Å². The zero-order chi connectivity index (χ0) is 15.9. The van der Waals surface area contributed by atoms with Gasteiger partial charge in [0.1, 0.15) is 12.4 Å². The molecule has 23 heavy (non-hydrogen) atoms. The van der Waals surface area contributed by atoms with Crippen LogP contribution in [0.25, 0.3) is 0 Å². The lowest BCUT2D eigenvalue weighted by Crippen LogP contribution is -2.24. The molecule has 0 spiro atoms. The average Bonchev–Trinajstić information content (AvgIpc) is 2.97. The molecule has 0 aliphatic rings. The smallest absolute Gasteiger partial charge is 0.318 e. The van der Waals surface area contributed by atoms with Crippen molar-refractivity contribution in [2.24, 2.45) is 0 Å². The van der Waals surface area contributed by atoms with E-state index in [1.807, 2.05) is 31.1 Å². The highest BCUT2D eigenvalue weighted by Crippen LogP contribution is 2.18. The van der Waals surface area contributed by atoms with Crippen LogP contribution in [0.4, 0.5) is 6.01 Å². The molecule has 7 heteroatoms. The molecule has 0 amide bonds. The molecule has 0 radical (unpaired) electrons. The Morgan fingerprint density at radius 2 is 1.91 bits per heavy atom. The molecule has 128 valence electrons. The lowest BCUT2D eigenvalue weighted by molar-refractivity contribution is 0.322. The molecular weight excluding hydrogens is 316 g/mol. The van der Waals surface area contributed by atoms with Crippen molar-refractivity contribution in [1.82, 2.24) is 15.5 Å². The van der Waals surface area contributed by atoms with Crippen LogP contribution in [-0.4, -0.2) is 37.4 Å². The van der Waals surface area contributed by atoms with E-state index in [4.69, 9.17) is 9.15 Å². The van der Waals surface area contributed by atoms with Crippen LogP contribution in [-0.2, 0) is 6.54 Å². The van der Waals surface area contributed by atoms with Crippen LogP contribution in [0, 0.1) is 0 Å². The van der Waals surface area contributed by atoms with Crippen molar-refractivity contribution in [2.75, 3.05) is 32.1 Å². The molecule has 1 aromatic heterocycles. The zero-order valence-electron chi connectivity index (χ0n) is 14.1. The maximum Gasteiger partial charge on any atom is 0.318 e. The number of hydrogen-bond acceptors (Lipinski definition) is 6. The van der Waals surface area contributed by atoms with Crippen LogP contribution in [0.2, 0.25) is 0 Å². The van der Waals surface area contributed by atoms with Gasteiger partial charge >= 0.3 is 6.01 Å². The number of benzene rings is 1. The van der Waals surface area contributed by atoms with Crippen LogP contribution in [0.15, 0.2) is 28.7 Å². The van der Waals surface area contributed by atoms with Gasteiger partial charge in [0.2, 0.25) is 5.89 Å². The van der Waals surface area contributed by atoms with E-state index >= 15 is 0 Å². The minimum absolute atomic E-state index is 0. The number of nitrogens with zero attached hydrogens (tertiary/aromatic N) is 3. The highest BCUT2D eigenvalue weighted by atomic mass is 35.5. The first-order valence-electron chi connectivity index (χ1n) is 7.51. The molecule has 1 heterocycles. The molecule has 1 aromatic carbocycles. The predicted octanol–water partition coefficient (Wildman–Crippen LogP) is 2.85. The first kappa shape index (κ1) is 19.3. The van der Waals surface area contributed by atoms with E-state index in [1.54, 1.807) is 0 Å². The lowest BCUT2D eigenvalue weighted by Gasteiger charge is -2.14. The van der Waals surface area contributed by atoms with E-state index in [0.717, 1.165) is 5.75 Å². The first-order valence-corrected chi connectivity index (χ1v) is 7.51. The minimum atomic E-state index is 0. The normalized spacial score (nSPS) is 10.5. The Balaban J connectivity index is 0.00000264. The molecule has 0 aliphatic carbocycles. The van der Waals surface area contributed by atoms with Gasteiger partial charge in [-0.15, -0.1) is 17.5 Å². The van der Waals surface area contributed by atoms with E-state index in [9.17, 15) is 0 Å². The van der Waals surface area contributed by atoms with Crippen molar-refractivity contribution < 1.29 is 9.15 Å². The second kappa shape index (κ2) is 9.37. The maximum atomic E-state index is 5.74. The van der Waals surface area contributed by atoms with Crippen molar-refractivity contribution in [3.05, 3.63) is 35.7 Å². The molecule has 0 fully saturated rings. The molecule has 6 nitrogen and oxygen atoms in total. The van der Waals surface area contributed by atoms with Gasteiger partial charge in [-0.25, -0.2) is 0 Å². The Labute approximate surface area is 143 Å². The largest absolute Gasteiger partial charge is 0.492 e. The Morgan fingerprint density at radius 3 is 2.52 bits per heavy atom. The maximum absolute atomic E-state index is 5.74. The first-order chi connectivity index (χ1) is 10.6. The van der Waals surface area contributed by atoms with Crippen LogP contribution >= 0.6 is 12.4 Å². The minimum Gasteiger partial charge on any atom is -0.492 e. The molecule has 2 rings (SSSR count). The average molecular weight is 341 g/mol. The summed E-state index contributed by atoms with van der Waals surface area (Å²) < 4.78 is 11.3. The summed E-state index contributed by atoms with van der Waals surface area (Å²) in [5.41, 5.74) is 1.31. The van der Waals surface area contributed by atoms with Crippen molar-refractivity contribution in [3.8, 4) is 5.75 Å². The van der Waals surface area contributed by atoms with Gasteiger partial charge in [0.05, 0.1) is 13.1 Å². The van der Waals surface area contributed by atoms with Crippen LogP contribution in [0.3, 0.4) is 0 Å². The molecule has 0 aliphatic heterocycles. The van der Waals surface area contributed by atoms with Gasteiger partial charge in [-0.1, -0.05) is 31.1 Å². The van der Waals surface area contributed by atoms with Gasteiger partial charge in [-0.05, 0) is 30.7 Å². The second-order valence-electron chi connectivity index (χ2n) is 5.50. The fraction of sp³-hybridized carbons (Fsp3) is 0.500. The summed E-state index contributed by atoms with van der Waals surface area (Å²) in [6.45, 7) is 6.16. The second-order valence-corrected chi connectivity index (χ2v) is 5.50. The Hall–Kier alpha value is -1.79. The van der Waals surface area contributed by atoms with Gasteiger partial charge in [0.15, 0.2) is 0 Å². The number of rotatable bonds is 8. The van der Waals surface area contributed by atoms with Crippen molar-refractivity contribution in [3.63, 3.8) is 0 Å². The monoisotopic (exact) mass is 340 g/mol. The van der Waals surface area contributed by atoms with Crippen LogP contribution in [0.1, 0.15) is 31.2 Å². The van der Waals surface area contributed by atoms with Gasteiger partial charge in [0, 0.05) is 7.05 Å². The molecular formula is C16H25ClN4O2. The zero-order valence-corrected chi connectivity index (χ0v) is 14.9. The Morgan fingerprint density at radius 1 is 1.22 bits per heavy atom. The van der Waals surface area contributed by atoms with Crippen LogP contribution in [0.5, 0.6) is 5.75 Å². The summed E-state index contributed by atoms with van der Waals surface area (Å²) in [5, 5.41) is 10.9. The van der Waals surface area contributed by atoms with E-state index in [2.05, 4.69) is 41.5 Å². The number of hydrogen-bond donors (Lipinski definition) is 1. The standard InChI is InChI=1S/C16H24N4O2.ClH/c1-12(2)13-5-7-14(8-6-13)21-10-9-20(4)16-19-18-15(22-16)11-17-3;/h5-8,12,17H,9-11H2,1-4H3;1H. The highest BCUT2D eigenvalue weighted by Gasteiger charge is 2.10. The van der Waals surface area contributed by atoms with Crippen LogP contribution < -0.4 is 15.0 Å². The summed E-state index contributed by atoms with van der Waals surface area (Å²) in [6, 6.07) is 8.72. The molecule has 0 saturated heterocycles. The number of halogens is 1. The third kappa shape index (κ3) is 5.73. The predicted molar refractivity (Wildman–Crippen MR) is 93.6 cm³/mol. The Bertz CT molecular complexity index is 572. The lowest BCUT2D eigenvalue weighted by atomic mass is 10.0. The van der Waals surface area contributed by atoms with E-state index < -0.39 is 0 Å². The van der Waals surface area contributed by atoms with Gasteiger partial charge in [0.25, 0.3) is 0 Å². The number of likely N-dealkylation sites (N-methyl/N-ethyl adjacent to an activating group) is 1. The third-order valence-corrected chi connectivity index (χ3v) is 3.35. The summed E-state index contributed by atoms with van der Waals surface area (Å²) >= 11 is 0. The summed E-state index contributed by atoms with van der Waals surface area (Å²) in [7, 11) is 3.74. The Kier molecular flexibility index (Phi) is 7.85. The quantitative estimate of drug-likeness (QED) is 0.797. The fourth-order valence-electron chi connectivity index (χ4n) is 1.97. The SMILES string of the molecule is CNCc1nnc(N(C)CCOc2ccc(C(C)C)cc2)o1.Cl. The third-order valence-electron chi connectivity index (χ3n) is 3.35. The van der Waals surface area contributed by atoms with Crippen molar-refractivity contribution >= 4 is 18.4 Å². The fourth-order valence-corrected chi connectivity index (χ4v) is 1.97.